The Morgan fingerprint density at radius 1 is 1.40 bits per heavy atom. The molecule has 0 fully saturated rings. The average Bonchev–Trinajstić information content (AvgIpc) is 2.27. The second kappa shape index (κ2) is 5.14. The summed E-state index contributed by atoms with van der Waals surface area (Å²) in [6.45, 7) is 1.88. The molecule has 1 aromatic carbocycles. The lowest BCUT2D eigenvalue weighted by molar-refractivity contribution is 0.0600. The number of carbonyl (C=O) groups excluding carboxylic acids is 1. The molecule has 0 radical (unpaired) electrons. The molecule has 4 heteroatoms. The maximum atomic E-state index is 11.3. The van der Waals surface area contributed by atoms with Crippen molar-refractivity contribution in [2.24, 2.45) is 0 Å². The fourth-order valence-corrected chi connectivity index (χ4v) is 1.72. The van der Waals surface area contributed by atoms with E-state index < -0.39 is 0 Å². The van der Waals surface area contributed by atoms with Gasteiger partial charge in [-0.05, 0) is 36.2 Å². The third-order valence-corrected chi connectivity index (χ3v) is 2.51. The fraction of sp³-hybridized carbons (Fsp3) is 0.364. The number of fused-ring (bicyclic) bond motifs is 1. The molecule has 0 bridgehead atoms. The van der Waals surface area contributed by atoms with E-state index in [-0.39, 0.29) is 18.4 Å². The number of carbonyl (C=O) groups is 1. The van der Waals surface area contributed by atoms with E-state index in [0.29, 0.717) is 5.56 Å². The van der Waals surface area contributed by atoms with Gasteiger partial charge in [0, 0.05) is 6.54 Å². The van der Waals surface area contributed by atoms with Crippen molar-refractivity contribution >= 4 is 18.4 Å². The van der Waals surface area contributed by atoms with Gasteiger partial charge in [-0.25, -0.2) is 4.79 Å². The molecule has 0 saturated heterocycles. The molecule has 2 rings (SSSR count). The smallest absolute Gasteiger partial charge is 0.337 e. The van der Waals surface area contributed by atoms with Crippen molar-refractivity contribution in [3.63, 3.8) is 0 Å². The predicted molar refractivity (Wildman–Crippen MR) is 60.4 cm³/mol. The Morgan fingerprint density at radius 2 is 2.20 bits per heavy atom. The van der Waals surface area contributed by atoms with Gasteiger partial charge in [-0.2, -0.15) is 0 Å². The molecule has 0 saturated carbocycles. The molecule has 1 aliphatic rings. The van der Waals surface area contributed by atoms with Gasteiger partial charge in [-0.3, -0.25) is 0 Å². The van der Waals surface area contributed by atoms with Crippen LogP contribution in [0.25, 0.3) is 0 Å². The van der Waals surface area contributed by atoms with Gasteiger partial charge in [0.15, 0.2) is 0 Å². The molecule has 0 atom stereocenters. The molecule has 15 heavy (non-hydrogen) atoms. The van der Waals surface area contributed by atoms with Gasteiger partial charge in [0.2, 0.25) is 0 Å². The first kappa shape index (κ1) is 12.0. The van der Waals surface area contributed by atoms with Gasteiger partial charge in [0.1, 0.15) is 0 Å². The SMILES string of the molecule is COC(=O)c1ccc2c(c1)CCNC2.Cl. The summed E-state index contributed by atoms with van der Waals surface area (Å²) >= 11 is 0. The Hall–Kier alpha value is -1.06. The first-order chi connectivity index (χ1) is 6.81. The standard InChI is InChI=1S/C11H13NO2.ClH/c1-14-11(13)9-2-3-10-7-12-5-4-8(10)6-9;/h2-3,6,12H,4-5,7H2,1H3;1H. The number of nitrogens with one attached hydrogen (secondary N) is 1. The highest BCUT2D eigenvalue weighted by molar-refractivity contribution is 5.89. The Bertz CT molecular complexity index is 366. The van der Waals surface area contributed by atoms with Crippen molar-refractivity contribution < 1.29 is 9.53 Å². The Balaban J connectivity index is 0.00000112. The highest BCUT2D eigenvalue weighted by atomic mass is 35.5. The number of ether oxygens (including phenoxy) is 1. The van der Waals surface area contributed by atoms with Crippen LogP contribution in [0.3, 0.4) is 0 Å². The van der Waals surface area contributed by atoms with Crippen molar-refractivity contribution in [1.29, 1.82) is 0 Å². The van der Waals surface area contributed by atoms with E-state index in [0.717, 1.165) is 19.5 Å². The number of halogens is 1. The van der Waals surface area contributed by atoms with Crippen molar-refractivity contribution in [1.82, 2.24) is 5.32 Å². The number of hydrogen-bond donors (Lipinski definition) is 1. The van der Waals surface area contributed by atoms with Gasteiger partial charge in [-0.15, -0.1) is 12.4 Å². The van der Waals surface area contributed by atoms with Crippen molar-refractivity contribution in [3.8, 4) is 0 Å². The minimum Gasteiger partial charge on any atom is -0.465 e. The van der Waals surface area contributed by atoms with Crippen LogP contribution in [0.4, 0.5) is 0 Å². The minimum atomic E-state index is -0.258. The molecule has 0 unspecified atom stereocenters. The van der Waals surface area contributed by atoms with Crippen LogP contribution in [0.2, 0.25) is 0 Å². The summed E-state index contributed by atoms with van der Waals surface area (Å²) in [6, 6.07) is 5.74. The number of benzene rings is 1. The largest absolute Gasteiger partial charge is 0.465 e. The molecule has 0 spiro atoms. The van der Waals surface area contributed by atoms with Crippen LogP contribution >= 0.6 is 12.4 Å². The highest BCUT2D eigenvalue weighted by Gasteiger charge is 2.12. The van der Waals surface area contributed by atoms with Gasteiger partial charge in [0.25, 0.3) is 0 Å². The van der Waals surface area contributed by atoms with E-state index in [1.165, 1.54) is 18.2 Å². The van der Waals surface area contributed by atoms with Gasteiger partial charge in [-0.1, -0.05) is 6.07 Å². The van der Waals surface area contributed by atoms with Crippen molar-refractivity contribution in [3.05, 3.63) is 34.9 Å². The predicted octanol–water partition coefficient (Wildman–Crippen LogP) is 1.54. The normalized spacial score (nSPS) is 13.7. The Labute approximate surface area is 95.2 Å². The first-order valence-corrected chi connectivity index (χ1v) is 4.72. The van der Waals surface area contributed by atoms with E-state index >= 15 is 0 Å². The molecule has 1 heterocycles. The summed E-state index contributed by atoms with van der Waals surface area (Å²) in [5.41, 5.74) is 3.18. The zero-order valence-corrected chi connectivity index (χ0v) is 9.39. The summed E-state index contributed by atoms with van der Waals surface area (Å²) in [4.78, 5) is 11.3. The van der Waals surface area contributed by atoms with Crippen LogP contribution in [0, 0.1) is 0 Å². The van der Waals surface area contributed by atoms with E-state index in [4.69, 9.17) is 0 Å². The zero-order valence-electron chi connectivity index (χ0n) is 8.58. The van der Waals surface area contributed by atoms with Crippen LogP contribution < -0.4 is 5.32 Å². The maximum absolute atomic E-state index is 11.3. The van der Waals surface area contributed by atoms with Gasteiger partial charge < -0.3 is 10.1 Å². The number of methoxy groups -OCH3 is 1. The van der Waals surface area contributed by atoms with Gasteiger partial charge in [0.05, 0.1) is 12.7 Å². The molecule has 1 aliphatic heterocycles. The lowest BCUT2D eigenvalue weighted by atomic mass is 9.98. The maximum Gasteiger partial charge on any atom is 0.337 e. The minimum absolute atomic E-state index is 0. The fourth-order valence-electron chi connectivity index (χ4n) is 1.72. The topological polar surface area (TPSA) is 38.3 Å². The molecule has 0 amide bonds. The summed E-state index contributed by atoms with van der Waals surface area (Å²) in [5, 5.41) is 3.29. The Morgan fingerprint density at radius 3 is 2.93 bits per heavy atom. The van der Waals surface area contributed by atoms with E-state index in [9.17, 15) is 4.79 Å². The molecular formula is C11H14ClNO2. The number of rotatable bonds is 1. The second-order valence-corrected chi connectivity index (χ2v) is 3.40. The second-order valence-electron chi connectivity index (χ2n) is 3.40. The number of hydrogen-bond acceptors (Lipinski definition) is 3. The first-order valence-electron chi connectivity index (χ1n) is 4.72. The van der Waals surface area contributed by atoms with Crippen LogP contribution in [-0.2, 0) is 17.7 Å². The zero-order chi connectivity index (χ0) is 9.97. The highest BCUT2D eigenvalue weighted by Crippen LogP contribution is 2.16. The van der Waals surface area contributed by atoms with Crippen molar-refractivity contribution in [2.75, 3.05) is 13.7 Å². The molecule has 1 N–H and O–H groups in total. The molecule has 0 aromatic heterocycles. The molecule has 3 nitrogen and oxygen atoms in total. The molecular weight excluding hydrogens is 214 g/mol. The molecule has 1 aromatic rings. The van der Waals surface area contributed by atoms with Gasteiger partial charge >= 0.3 is 5.97 Å². The van der Waals surface area contributed by atoms with Crippen LogP contribution in [0.1, 0.15) is 21.5 Å². The quantitative estimate of drug-likeness (QED) is 0.740. The lowest BCUT2D eigenvalue weighted by Crippen LogP contribution is -2.23. The van der Waals surface area contributed by atoms with Crippen LogP contribution in [0.5, 0.6) is 0 Å². The molecule has 0 aliphatic carbocycles. The summed E-state index contributed by atoms with van der Waals surface area (Å²) in [6.07, 6.45) is 0.986. The Kier molecular flexibility index (Phi) is 4.12. The molecule has 82 valence electrons. The number of esters is 1. The van der Waals surface area contributed by atoms with E-state index in [2.05, 4.69) is 10.1 Å². The van der Waals surface area contributed by atoms with E-state index in [1.54, 1.807) is 0 Å². The van der Waals surface area contributed by atoms with E-state index in [1.807, 2.05) is 18.2 Å². The van der Waals surface area contributed by atoms with Crippen molar-refractivity contribution in [2.45, 2.75) is 13.0 Å². The summed E-state index contributed by atoms with van der Waals surface area (Å²) < 4.78 is 4.67. The average molecular weight is 228 g/mol. The monoisotopic (exact) mass is 227 g/mol. The summed E-state index contributed by atoms with van der Waals surface area (Å²) in [7, 11) is 1.41. The third kappa shape index (κ3) is 2.49. The summed E-state index contributed by atoms with van der Waals surface area (Å²) in [5.74, 6) is -0.258. The lowest BCUT2D eigenvalue weighted by Gasteiger charge is -2.17. The van der Waals surface area contributed by atoms with Crippen LogP contribution in [-0.4, -0.2) is 19.6 Å². The third-order valence-electron chi connectivity index (χ3n) is 2.51. The van der Waals surface area contributed by atoms with Crippen LogP contribution in [0.15, 0.2) is 18.2 Å².